The Hall–Kier alpha value is -0.770. The van der Waals surface area contributed by atoms with Gasteiger partial charge in [0.25, 0.3) is 11.8 Å². The van der Waals surface area contributed by atoms with E-state index >= 15 is 0 Å². The summed E-state index contributed by atoms with van der Waals surface area (Å²) in [5.41, 5.74) is 0.559. The number of carbonyl (C=O) groups excluding carboxylic acids is 2. The molecule has 0 spiro atoms. The van der Waals surface area contributed by atoms with Crippen LogP contribution in [0.1, 0.15) is 26.2 Å². The number of thioether (sulfide) groups is 1. The molecule has 1 heterocycles. The number of imide groups is 1. The molecule has 0 aromatic heterocycles. The summed E-state index contributed by atoms with van der Waals surface area (Å²) >= 11 is 1.83. The Labute approximate surface area is 94.9 Å². The average molecular weight is 227 g/mol. The topological polar surface area (TPSA) is 37.4 Å². The Bertz CT molecular complexity index is 286. The fraction of sp³-hybridized carbons (Fsp3) is 0.636. The summed E-state index contributed by atoms with van der Waals surface area (Å²) in [6.45, 7) is 2.26. The first kappa shape index (κ1) is 12.3. The van der Waals surface area contributed by atoms with Crippen molar-refractivity contribution < 1.29 is 9.59 Å². The van der Waals surface area contributed by atoms with E-state index in [1.807, 2.05) is 11.8 Å². The Morgan fingerprint density at radius 2 is 2.00 bits per heavy atom. The molecule has 0 saturated heterocycles. The van der Waals surface area contributed by atoms with Crippen molar-refractivity contribution in [2.24, 2.45) is 0 Å². The van der Waals surface area contributed by atoms with Gasteiger partial charge in [-0.2, -0.15) is 11.8 Å². The Morgan fingerprint density at radius 1 is 1.27 bits per heavy atom. The number of carbonyl (C=O) groups is 2. The number of hydrogen-bond acceptors (Lipinski definition) is 3. The second-order valence-corrected chi connectivity index (χ2v) is 4.66. The van der Waals surface area contributed by atoms with Crippen LogP contribution < -0.4 is 0 Å². The zero-order chi connectivity index (χ0) is 11.3. The van der Waals surface area contributed by atoms with Crippen molar-refractivity contribution in [1.29, 1.82) is 0 Å². The van der Waals surface area contributed by atoms with Crippen LogP contribution in [0.3, 0.4) is 0 Å². The van der Waals surface area contributed by atoms with E-state index < -0.39 is 0 Å². The summed E-state index contributed by atoms with van der Waals surface area (Å²) in [6, 6.07) is 0. The molecule has 0 radical (unpaired) electrons. The van der Waals surface area contributed by atoms with Crippen LogP contribution in [0.25, 0.3) is 0 Å². The van der Waals surface area contributed by atoms with Crippen molar-refractivity contribution in [3.8, 4) is 0 Å². The molecule has 4 heteroatoms. The van der Waals surface area contributed by atoms with Gasteiger partial charge in [0.05, 0.1) is 0 Å². The molecule has 2 amide bonds. The zero-order valence-corrected chi connectivity index (χ0v) is 10.1. The Kier molecular flexibility index (Phi) is 4.88. The maximum Gasteiger partial charge on any atom is 0.256 e. The Morgan fingerprint density at radius 3 is 2.53 bits per heavy atom. The monoisotopic (exact) mass is 227 g/mol. The fourth-order valence-electron chi connectivity index (χ4n) is 1.54. The Balaban J connectivity index is 2.23. The van der Waals surface area contributed by atoms with Gasteiger partial charge in [-0.05, 0) is 31.8 Å². The van der Waals surface area contributed by atoms with Crippen molar-refractivity contribution in [3.05, 3.63) is 11.6 Å². The zero-order valence-electron chi connectivity index (χ0n) is 9.28. The quantitative estimate of drug-likeness (QED) is 0.513. The van der Waals surface area contributed by atoms with Crippen LogP contribution in [0, 0.1) is 0 Å². The van der Waals surface area contributed by atoms with E-state index in [1.165, 1.54) is 11.0 Å². The van der Waals surface area contributed by atoms with E-state index in [2.05, 4.69) is 6.26 Å². The molecule has 1 aliphatic heterocycles. The maximum atomic E-state index is 11.5. The molecule has 15 heavy (non-hydrogen) atoms. The predicted molar refractivity (Wildman–Crippen MR) is 62.7 cm³/mol. The molecule has 0 bridgehead atoms. The van der Waals surface area contributed by atoms with Gasteiger partial charge < -0.3 is 0 Å². The molecule has 0 aliphatic carbocycles. The van der Waals surface area contributed by atoms with Gasteiger partial charge in [0.2, 0.25) is 0 Å². The molecule has 0 fully saturated rings. The van der Waals surface area contributed by atoms with E-state index in [0.29, 0.717) is 12.1 Å². The van der Waals surface area contributed by atoms with Crippen LogP contribution in [-0.2, 0) is 9.59 Å². The fourth-order valence-corrected chi connectivity index (χ4v) is 2.04. The number of amides is 2. The SMILES string of the molecule is CSCCCCCN1C(=O)C=C(C)C1=O. The van der Waals surface area contributed by atoms with Gasteiger partial charge in [-0.3, -0.25) is 14.5 Å². The molecule has 0 unspecified atom stereocenters. The van der Waals surface area contributed by atoms with Crippen molar-refractivity contribution in [1.82, 2.24) is 4.90 Å². The van der Waals surface area contributed by atoms with Gasteiger partial charge in [-0.1, -0.05) is 6.42 Å². The molecule has 3 nitrogen and oxygen atoms in total. The van der Waals surface area contributed by atoms with Crippen molar-refractivity contribution in [3.63, 3.8) is 0 Å². The highest BCUT2D eigenvalue weighted by atomic mass is 32.2. The van der Waals surface area contributed by atoms with E-state index in [4.69, 9.17) is 0 Å². The lowest BCUT2D eigenvalue weighted by atomic mass is 10.2. The minimum Gasteiger partial charge on any atom is -0.275 e. The number of unbranched alkanes of at least 4 members (excludes halogenated alkanes) is 2. The van der Waals surface area contributed by atoms with E-state index in [-0.39, 0.29) is 11.8 Å². The lowest BCUT2D eigenvalue weighted by molar-refractivity contribution is -0.137. The summed E-state index contributed by atoms with van der Waals surface area (Å²) in [7, 11) is 0. The molecule has 1 rings (SSSR count). The second kappa shape index (κ2) is 5.95. The molecule has 0 atom stereocenters. The number of rotatable bonds is 6. The minimum atomic E-state index is -0.151. The summed E-state index contributed by atoms with van der Waals surface area (Å²) < 4.78 is 0. The molecular weight excluding hydrogens is 210 g/mol. The molecule has 0 saturated carbocycles. The van der Waals surface area contributed by atoms with Crippen molar-refractivity contribution in [2.45, 2.75) is 26.2 Å². The molecule has 0 N–H and O–H groups in total. The van der Waals surface area contributed by atoms with Crippen molar-refractivity contribution in [2.75, 3.05) is 18.6 Å². The highest BCUT2D eigenvalue weighted by molar-refractivity contribution is 7.98. The van der Waals surface area contributed by atoms with Gasteiger partial charge >= 0.3 is 0 Å². The van der Waals surface area contributed by atoms with E-state index in [9.17, 15) is 9.59 Å². The van der Waals surface area contributed by atoms with Gasteiger partial charge in [0.1, 0.15) is 0 Å². The third kappa shape index (κ3) is 3.38. The average Bonchev–Trinajstić information content (AvgIpc) is 2.44. The summed E-state index contributed by atoms with van der Waals surface area (Å²) in [4.78, 5) is 24.1. The first-order chi connectivity index (χ1) is 7.16. The highest BCUT2D eigenvalue weighted by Gasteiger charge is 2.27. The van der Waals surface area contributed by atoms with Crippen molar-refractivity contribution >= 4 is 23.6 Å². The molecule has 0 aromatic carbocycles. The van der Waals surface area contributed by atoms with Gasteiger partial charge in [-0.15, -0.1) is 0 Å². The smallest absolute Gasteiger partial charge is 0.256 e. The largest absolute Gasteiger partial charge is 0.275 e. The standard InChI is InChI=1S/C11H17NO2S/c1-9-8-10(13)12(11(9)14)6-4-3-5-7-15-2/h8H,3-7H2,1-2H3. The van der Waals surface area contributed by atoms with Gasteiger partial charge in [0.15, 0.2) is 0 Å². The highest BCUT2D eigenvalue weighted by Crippen LogP contribution is 2.13. The predicted octanol–water partition coefficient (Wildman–Crippen LogP) is 1.83. The number of nitrogens with zero attached hydrogens (tertiary/aromatic N) is 1. The van der Waals surface area contributed by atoms with Crippen LogP contribution in [0.4, 0.5) is 0 Å². The summed E-state index contributed by atoms with van der Waals surface area (Å²) in [5, 5.41) is 0. The van der Waals surface area contributed by atoms with Gasteiger partial charge in [-0.25, -0.2) is 0 Å². The third-order valence-corrected chi connectivity index (χ3v) is 3.12. The molecule has 1 aliphatic rings. The third-order valence-electron chi connectivity index (χ3n) is 2.42. The first-order valence-electron chi connectivity index (χ1n) is 5.20. The lowest BCUT2D eigenvalue weighted by Gasteiger charge is -2.13. The summed E-state index contributed by atoms with van der Waals surface area (Å²) in [6.07, 6.45) is 6.66. The van der Waals surface area contributed by atoms with Crippen LogP contribution in [0.2, 0.25) is 0 Å². The lowest BCUT2D eigenvalue weighted by Crippen LogP contribution is -2.31. The second-order valence-electron chi connectivity index (χ2n) is 3.68. The summed E-state index contributed by atoms with van der Waals surface area (Å²) in [5.74, 6) is 0.881. The maximum absolute atomic E-state index is 11.5. The molecular formula is C11H17NO2S. The van der Waals surface area contributed by atoms with Gasteiger partial charge in [0, 0.05) is 18.2 Å². The normalized spacial score (nSPS) is 16.1. The molecule has 84 valence electrons. The van der Waals surface area contributed by atoms with E-state index in [0.717, 1.165) is 25.0 Å². The minimum absolute atomic E-state index is 0.120. The van der Waals surface area contributed by atoms with Crippen LogP contribution in [-0.4, -0.2) is 35.3 Å². The molecule has 0 aromatic rings. The van der Waals surface area contributed by atoms with Crippen LogP contribution >= 0.6 is 11.8 Å². The van der Waals surface area contributed by atoms with Crippen LogP contribution in [0.5, 0.6) is 0 Å². The van der Waals surface area contributed by atoms with E-state index in [1.54, 1.807) is 6.92 Å². The number of hydrogen-bond donors (Lipinski definition) is 0. The van der Waals surface area contributed by atoms with Crippen LogP contribution in [0.15, 0.2) is 11.6 Å². The first-order valence-corrected chi connectivity index (χ1v) is 6.59.